The van der Waals surface area contributed by atoms with Crippen molar-refractivity contribution in [3.8, 4) is 33.7 Å². The minimum atomic E-state index is -0.390. The van der Waals surface area contributed by atoms with Gasteiger partial charge in [0, 0.05) is 45.7 Å². The first-order valence-electron chi connectivity index (χ1n) is 13.7. The third-order valence-electron chi connectivity index (χ3n) is 7.14. The minimum absolute atomic E-state index is 0.175. The summed E-state index contributed by atoms with van der Waals surface area (Å²) in [5.74, 6) is -0.528. The smallest absolute Gasteiger partial charge is 0.255 e. The van der Waals surface area contributed by atoms with Crippen molar-refractivity contribution in [1.29, 1.82) is 0 Å². The third-order valence-corrected chi connectivity index (χ3v) is 7.14. The van der Waals surface area contributed by atoms with Gasteiger partial charge in [-0.1, -0.05) is 42.5 Å². The molecule has 42 heavy (non-hydrogen) atoms. The Morgan fingerprint density at radius 2 is 1.50 bits per heavy atom. The molecular weight excluding hydrogens is 529 g/mol. The van der Waals surface area contributed by atoms with Crippen LogP contribution in [0.15, 0.2) is 95.4 Å². The minimum Gasteiger partial charge on any atom is -0.454 e. The summed E-state index contributed by atoms with van der Waals surface area (Å²) in [6, 6.07) is 27.2. The molecule has 2 heterocycles. The second kappa shape index (κ2) is 10.3. The lowest BCUT2D eigenvalue weighted by Gasteiger charge is -2.20. The first kappa shape index (κ1) is 27.0. The van der Waals surface area contributed by atoms with E-state index in [0.29, 0.717) is 33.4 Å². The monoisotopic (exact) mass is 559 g/mol. The van der Waals surface area contributed by atoms with E-state index in [0.717, 1.165) is 33.3 Å². The molecule has 6 nitrogen and oxygen atoms in total. The molecule has 2 aromatic heterocycles. The fourth-order valence-corrected chi connectivity index (χ4v) is 5.24. The molecule has 0 spiro atoms. The number of carbonyl (C=O) groups excluding carboxylic acids is 2. The molecule has 2 amide bonds. The highest BCUT2D eigenvalue weighted by atomic mass is 19.1. The molecule has 0 radical (unpaired) electrons. The van der Waals surface area contributed by atoms with Crippen LogP contribution < -0.4 is 10.6 Å². The maximum absolute atomic E-state index is 13.8. The van der Waals surface area contributed by atoms with Crippen LogP contribution in [0.4, 0.5) is 4.39 Å². The van der Waals surface area contributed by atoms with Crippen LogP contribution in [0.1, 0.15) is 41.5 Å². The first-order chi connectivity index (χ1) is 20.1. The Morgan fingerprint density at radius 3 is 2.19 bits per heavy atom. The van der Waals surface area contributed by atoms with Crippen LogP contribution in [0, 0.1) is 5.82 Å². The quantitative estimate of drug-likeness (QED) is 0.200. The summed E-state index contributed by atoms with van der Waals surface area (Å²) >= 11 is 0. The van der Waals surface area contributed by atoms with Gasteiger partial charge < -0.3 is 20.0 Å². The summed E-state index contributed by atoms with van der Waals surface area (Å²) in [4.78, 5) is 30.0. The van der Waals surface area contributed by atoms with E-state index in [2.05, 4.69) is 15.6 Å². The summed E-state index contributed by atoms with van der Waals surface area (Å²) in [5, 5.41) is 7.15. The van der Waals surface area contributed by atoms with Gasteiger partial charge >= 0.3 is 0 Å². The van der Waals surface area contributed by atoms with E-state index in [-0.39, 0.29) is 23.2 Å². The Bertz CT molecular complexity index is 1960. The van der Waals surface area contributed by atoms with Gasteiger partial charge in [-0.05, 0) is 80.4 Å². The molecule has 0 saturated carbocycles. The number of aromatic amines is 1. The fraction of sp³-hybridized carbons (Fsp3) is 0.143. The third kappa shape index (κ3) is 4.94. The molecule has 6 rings (SSSR count). The lowest BCUT2D eigenvalue weighted by atomic mass is 9.96. The van der Waals surface area contributed by atoms with Crippen LogP contribution in [0.3, 0.4) is 0 Å². The van der Waals surface area contributed by atoms with Crippen molar-refractivity contribution in [3.05, 3.63) is 108 Å². The van der Waals surface area contributed by atoms with Gasteiger partial charge in [0.1, 0.15) is 17.2 Å². The lowest BCUT2D eigenvalue weighted by molar-refractivity contribution is 0.0918. The Morgan fingerprint density at radius 1 is 0.786 bits per heavy atom. The second-order valence-corrected chi connectivity index (χ2v) is 11.3. The van der Waals surface area contributed by atoms with Crippen molar-refractivity contribution < 1.29 is 18.4 Å². The molecule has 0 bridgehead atoms. The summed E-state index contributed by atoms with van der Waals surface area (Å²) < 4.78 is 20.2. The number of halogens is 1. The van der Waals surface area contributed by atoms with Crippen LogP contribution in [0.5, 0.6) is 0 Å². The number of furan rings is 1. The van der Waals surface area contributed by atoms with Crippen LogP contribution in [-0.2, 0) is 0 Å². The van der Waals surface area contributed by atoms with Crippen molar-refractivity contribution in [2.24, 2.45) is 0 Å². The van der Waals surface area contributed by atoms with Crippen LogP contribution >= 0.6 is 0 Å². The molecule has 0 aliphatic rings. The van der Waals surface area contributed by atoms with E-state index in [9.17, 15) is 14.0 Å². The van der Waals surface area contributed by atoms with Crippen molar-refractivity contribution >= 4 is 33.7 Å². The maximum atomic E-state index is 13.8. The molecule has 0 atom stereocenters. The van der Waals surface area contributed by atoms with E-state index >= 15 is 0 Å². The number of hydrogen-bond donors (Lipinski definition) is 3. The Balaban J connectivity index is 1.65. The molecule has 210 valence electrons. The van der Waals surface area contributed by atoms with Crippen LogP contribution in [-0.4, -0.2) is 29.4 Å². The fourth-order valence-electron chi connectivity index (χ4n) is 5.24. The second-order valence-electron chi connectivity index (χ2n) is 11.3. The topological polar surface area (TPSA) is 87.1 Å². The standard InChI is InChI=1S/C35H30FN3O3/c1-35(2,3)39-33(40)23-12-8-11-22(17-23)25-18-26-29(34(41)37-4)31(21-13-15-24(36)16-14-21)42-32(26)27-19-28(38-30(25)27)20-9-6-5-7-10-20/h5-19,38H,1-4H3,(H,37,41)(H,39,40). The average molecular weight is 560 g/mol. The molecule has 0 fully saturated rings. The zero-order valence-electron chi connectivity index (χ0n) is 23.8. The van der Waals surface area contributed by atoms with Crippen molar-refractivity contribution in [2.45, 2.75) is 26.3 Å². The van der Waals surface area contributed by atoms with E-state index in [4.69, 9.17) is 4.42 Å². The maximum Gasteiger partial charge on any atom is 0.255 e. The number of H-pyrrole nitrogens is 1. The van der Waals surface area contributed by atoms with Crippen molar-refractivity contribution in [1.82, 2.24) is 15.6 Å². The Labute approximate surface area is 242 Å². The molecule has 6 aromatic rings. The summed E-state index contributed by atoms with van der Waals surface area (Å²) in [6.07, 6.45) is 0. The predicted octanol–water partition coefficient (Wildman–Crippen LogP) is 7.94. The van der Waals surface area contributed by atoms with Crippen LogP contribution in [0.25, 0.3) is 55.6 Å². The van der Waals surface area contributed by atoms with Crippen LogP contribution in [0.2, 0.25) is 0 Å². The molecule has 0 unspecified atom stereocenters. The summed E-state index contributed by atoms with van der Waals surface area (Å²) in [5.41, 5.74) is 5.89. The van der Waals surface area contributed by atoms with E-state index < -0.39 is 0 Å². The van der Waals surface area contributed by atoms with Gasteiger partial charge in [-0.25, -0.2) is 4.39 Å². The summed E-state index contributed by atoms with van der Waals surface area (Å²) in [6.45, 7) is 5.82. The van der Waals surface area contributed by atoms with Crippen molar-refractivity contribution in [3.63, 3.8) is 0 Å². The molecule has 0 saturated heterocycles. The van der Waals surface area contributed by atoms with Gasteiger partial charge in [0.05, 0.1) is 11.1 Å². The number of rotatable bonds is 5. The first-order valence-corrected chi connectivity index (χ1v) is 13.7. The Kier molecular flexibility index (Phi) is 6.65. The molecule has 0 aliphatic heterocycles. The van der Waals surface area contributed by atoms with Gasteiger partial charge in [-0.3, -0.25) is 9.59 Å². The number of amides is 2. The zero-order valence-corrected chi connectivity index (χ0v) is 23.8. The van der Waals surface area contributed by atoms with Gasteiger partial charge in [-0.15, -0.1) is 0 Å². The number of fused-ring (bicyclic) bond motifs is 3. The highest BCUT2D eigenvalue weighted by Crippen LogP contribution is 2.43. The predicted molar refractivity (Wildman–Crippen MR) is 165 cm³/mol. The highest BCUT2D eigenvalue weighted by Gasteiger charge is 2.26. The number of nitrogens with one attached hydrogen (secondary N) is 3. The number of benzene rings is 4. The largest absolute Gasteiger partial charge is 0.454 e. The number of hydrogen-bond acceptors (Lipinski definition) is 3. The zero-order chi connectivity index (χ0) is 29.6. The SMILES string of the molecule is CNC(=O)c1c(-c2ccc(F)cc2)oc2c1cc(-c1cccc(C(=O)NC(C)(C)C)c1)c1[nH]c(-c3ccccc3)cc12. The van der Waals surface area contributed by atoms with Gasteiger partial charge in [0.25, 0.3) is 11.8 Å². The normalized spacial score (nSPS) is 11.6. The average Bonchev–Trinajstić information content (AvgIpc) is 3.59. The molecule has 0 aliphatic carbocycles. The van der Waals surface area contributed by atoms with E-state index in [1.54, 1.807) is 25.2 Å². The highest BCUT2D eigenvalue weighted by molar-refractivity contribution is 6.20. The molecule has 3 N–H and O–H groups in total. The Hall–Kier alpha value is -5.17. The van der Waals surface area contributed by atoms with Gasteiger partial charge in [0.2, 0.25) is 0 Å². The molecule has 4 aromatic carbocycles. The summed E-state index contributed by atoms with van der Waals surface area (Å²) in [7, 11) is 1.57. The van der Waals surface area contributed by atoms with E-state index in [1.807, 2.05) is 81.4 Å². The van der Waals surface area contributed by atoms with E-state index in [1.165, 1.54) is 12.1 Å². The van der Waals surface area contributed by atoms with Gasteiger partial charge in [-0.2, -0.15) is 0 Å². The number of aromatic nitrogens is 1. The van der Waals surface area contributed by atoms with Gasteiger partial charge in [0.15, 0.2) is 0 Å². The molecule has 7 heteroatoms. The lowest BCUT2D eigenvalue weighted by Crippen LogP contribution is -2.40. The number of carbonyl (C=O) groups is 2. The molecular formula is C35H30FN3O3. The van der Waals surface area contributed by atoms with Crippen molar-refractivity contribution in [2.75, 3.05) is 7.05 Å².